The largest absolute Gasteiger partial charge is 1.00 e. The molecule has 1 aromatic rings. The Morgan fingerprint density at radius 3 is 2.00 bits per heavy atom. The van der Waals surface area contributed by atoms with Crippen molar-refractivity contribution in [2.75, 3.05) is 0 Å². The molecule has 0 aliphatic carbocycles. The maximum absolute atomic E-state index is 10.7. The van der Waals surface area contributed by atoms with Crippen LogP contribution in [0.25, 0.3) is 0 Å². The van der Waals surface area contributed by atoms with Gasteiger partial charge in [-0.1, -0.05) is 17.7 Å². The predicted octanol–water partition coefficient (Wildman–Crippen LogP) is -2.24. The van der Waals surface area contributed by atoms with E-state index in [1.165, 1.54) is 12.1 Å². The van der Waals surface area contributed by atoms with Gasteiger partial charge in [-0.2, -0.15) is 0 Å². The number of primary sulfonamides is 1. The summed E-state index contributed by atoms with van der Waals surface area (Å²) in [6.07, 6.45) is 0. The van der Waals surface area contributed by atoms with E-state index in [0.717, 1.165) is 5.56 Å². The van der Waals surface area contributed by atoms with Gasteiger partial charge in [-0.25, -0.2) is 13.6 Å². The minimum Gasteiger partial charge on any atom is -1.00 e. The first-order chi connectivity index (χ1) is 5.00. The molecule has 62 valence electrons. The van der Waals surface area contributed by atoms with E-state index in [9.17, 15) is 8.42 Å². The molecule has 0 amide bonds. The molecule has 0 bridgehead atoms. The zero-order valence-corrected chi connectivity index (χ0v) is 7.93. The monoisotopic (exact) mass is 179 g/mol. The number of hydrogen-bond acceptors (Lipinski definition) is 2. The first kappa shape index (κ1) is 11.7. The summed E-state index contributed by atoms with van der Waals surface area (Å²) >= 11 is 0. The second kappa shape index (κ2) is 4.10. The third-order valence-corrected chi connectivity index (χ3v) is 2.28. The van der Waals surface area contributed by atoms with Crippen molar-refractivity contribution in [2.24, 2.45) is 5.14 Å². The number of nitrogens with two attached hydrogens (primary N) is 1. The van der Waals surface area contributed by atoms with Crippen LogP contribution in [0.4, 0.5) is 0 Å². The molecule has 0 spiro atoms. The Morgan fingerprint density at radius 1 is 1.25 bits per heavy atom. The van der Waals surface area contributed by atoms with Crippen molar-refractivity contribution in [3.8, 4) is 0 Å². The van der Waals surface area contributed by atoms with Gasteiger partial charge in [0.1, 0.15) is 0 Å². The minimum absolute atomic E-state index is 0. The number of hydrogen-bond donors (Lipinski definition) is 1. The molecule has 0 aromatic heterocycles. The van der Waals surface area contributed by atoms with Crippen molar-refractivity contribution in [2.45, 2.75) is 11.8 Å². The van der Waals surface area contributed by atoms with E-state index in [-0.39, 0.29) is 25.2 Å². The number of sulfonamides is 1. The summed E-state index contributed by atoms with van der Waals surface area (Å²) < 4.78 is 21.4. The molecule has 0 radical (unpaired) electrons. The van der Waals surface area contributed by atoms with Crippen molar-refractivity contribution in [3.63, 3.8) is 0 Å². The summed E-state index contributed by atoms with van der Waals surface area (Å²) in [6, 6.07) is 6.40. The minimum atomic E-state index is -3.52. The quantitative estimate of drug-likeness (QED) is 0.495. The van der Waals surface area contributed by atoms with Crippen LogP contribution in [-0.4, -0.2) is 8.42 Å². The zero-order chi connectivity index (χ0) is 8.48. The van der Waals surface area contributed by atoms with Gasteiger partial charge in [-0.15, -0.1) is 0 Å². The van der Waals surface area contributed by atoms with Gasteiger partial charge in [0, 0.05) is 0 Å². The van der Waals surface area contributed by atoms with Gasteiger partial charge in [0.25, 0.3) is 0 Å². The molecular weight excluding hydrogens is 169 g/mol. The average Bonchev–Trinajstić information content (AvgIpc) is 1.86. The van der Waals surface area contributed by atoms with Gasteiger partial charge in [0.2, 0.25) is 10.0 Å². The van der Waals surface area contributed by atoms with Gasteiger partial charge in [-0.3, -0.25) is 0 Å². The van der Waals surface area contributed by atoms with Gasteiger partial charge in [0.05, 0.1) is 4.90 Å². The SMILES string of the molecule is Cc1ccc(S(N)(=O)=O)cc1.[H-].[Li+]. The summed E-state index contributed by atoms with van der Waals surface area (Å²) in [4.78, 5) is 0.156. The molecular formula is C7H10LiNO2S. The third kappa shape index (κ3) is 3.00. The van der Waals surface area contributed by atoms with Crippen LogP contribution in [0.15, 0.2) is 29.2 Å². The summed E-state index contributed by atoms with van der Waals surface area (Å²) in [6.45, 7) is 1.88. The van der Waals surface area contributed by atoms with E-state index in [1.54, 1.807) is 12.1 Å². The van der Waals surface area contributed by atoms with E-state index in [2.05, 4.69) is 0 Å². The molecule has 1 aromatic carbocycles. The van der Waals surface area contributed by atoms with E-state index < -0.39 is 10.0 Å². The average molecular weight is 179 g/mol. The Bertz CT molecular complexity index is 349. The Hall–Kier alpha value is -0.273. The number of benzene rings is 1. The van der Waals surface area contributed by atoms with Crippen molar-refractivity contribution in [3.05, 3.63) is 29.8 Å². The number of rotatable bonds is 1. The maximum Gasteiger partial charge on any atom is 1.00 e. The van der Waals surface area contributed by atoms with Crippen LogP contribution in [0, 0.1) is 6.92 Å². The summed E-state index contributed by atoms with van der Waals surface area (Å²) in [5.41, 5.74) is 1.01. The van der Waals surface area contributed by atoms with Gasteiger partial charge in [0.15, 0.2) is 0 Å². The van der Waals surface area contributed by atoms with Crippen LogP contribution < -0.4 is 24.0 Å². The van der Waals surface area contributed by atoms with Crippen molar-refractivity contribution < 1.29 is 28.7 Å². The molecule has 0 aliphatic heterocycles. The molecule has 0 aliphatic rings. The Kier molecular flexibility index (Phi) is 4.01. The van der Waals surface area contributed by atoms with E-state index >= 15 is 0 Å². The fourth-order valence-corrected chi connectivity index (χ4v) is 1.24. The van der Waals surface area contributed by atoms with E-state index in [0.29, 0.717) is 0 Å². The smallest absolute Gasteiger partial charge is 1.00 e. The summed E-state index contributed by atoms with van der Waals surface area (Å²) in [5, 5.41) is 4.88. The van der Waals surface area contributed by atoms with Gasteiger partial charge in [-0.05, 0) is 19.1 Å². The van der Waals surface area contributed by atoms with Crippen LogP contribution >= 0.6 is 0 Å². The summed E-state index contributed by atoms with van der Waals surface area (Å²) in [7, 11) is -3.52. The normalized spacial score (nSPS) is 10.5. The van der Waals surface area contributed by atoms with Crippen molar-refractivity contribution in [1.29, 1.82) is 0 Å². The second-order valence-corrected chi connectivity index (χ2v) is 3.92. The Labute approximate surface area is 85.7 Å². The van der Waals surface area contributed by atoms with Crippen LogP contribution in [0.5, 0.6) is 0 Å². The molecule has 3 nitrogen and oxygen atoms in total. The number of aryl methyl sites for hydroxylation is 1. The molecule has 0 saturated heterocycles. The van der Waals surface area contributed by atoms with E-state index in [4.69, 9.17) is 5.14 Å². The third-order valence-electron chi connectivity index (χ3n) is 1.35. The van der Waals surface area contributed by atoms with E-state index in [1.807, 2.05) is 6.92 Å². The second-order valence-electron chi connectivity index (χ2n) is 2.36. The van der Waals surface area contributed by atoms with Crippen LogP contribution in [0.3, 0.4) is 0 Å². The van der Waals surface area contributed by atoms with Crippen LogP contribution in [0.1, 0.15) is 6.99 Å². The fourth-order valence-electron chi connectivity index (χ4n) is 0.728. The molecule has 0 atom stereocenters. The van der Waals surface area contributed by atoms with Gasteiger partial charge >= 0.3 is 18.9 Å². The van der Waals surface area contributed by atoms with Crippen molar-refractivity contribution >= 4 is 10.0 Å². The first-order valence-electron chi connectivity index (χ1n) is 3.09. The topological polar surface area (TPSA) is 60.2 Å². The molecule has 5 heteroatoms. The molecule has 0 saturated carbocycles. The standard InChI is InChI=1S/C7H9NO2S.Li.H/c1-6-2-4-7(5-3-6)11(8,9)10;;/h2-5H,1H3,(H2,8,9,10);;/q;+1;-1. The molecule has 0 unspecified atom stereocenters. The molecule has 12 heavy (non-hydrogen) atoms. The predicted molar refractivity (Wildman–Crippen MR) is 43.7 cm³/mol. The molecule has 2 N–H and O–H groups in total. The zero-order valence-electron chi connectivity index (χ0n) is 8.11. The molecule has 0 fully saturated rings. The first-order valence-corrected chi connectivity index (χ1v) is 4.64. The maximum atomic E-state index is 10.7. The Balaban J connectivity index is 0. The fraction of sp³-hybridized carbons (Fsp3) is 0.143. The van der Waals surface area contributed by atoms with Crippen LogP contribution in [-0.2, 0) is 10.0 Å². The van der Waals surface area contributed by atoms with Crippen molar-refractivity contribution in [1.82, 2.24) is 0 Å². The van der Waals surface area contributed by atoms with Gasteiger partial charge < -0.3 is 1.43 Å². The Morgan fingerprint density at radius 2 is 1.67 bits per heavy atom. The summed E-state index contributed by atoms with van der Waals surface area (Å²) in [5.74, 6) is 0. The van der Waals surface area contributed by atoms with Crippen LogP contribution in [0.2, 0.25) is 0 Å². The molecule has 1 rings (SSSR count). The molecule has 0 heterocycles.